The first-order chi connectivity index (χ1) is 13.1. The lowest BCUT2D eigenvalue weighted by molar-refractivity contribution is 0.708. The molecule has 7 nitrogen and oxygen atoms in total. The summed E-state index contributed by atoms with van der Waals surface area (Å²) in [6.45, 7) is 0. The van der Waals surface area contributed by atoms with Crippen LogP contribution in [-0.4, -0.2) is 38.4 Å². The molecule has 0 aliphatic heterocycles. The number of benzene rings is 1. The molecule has 3 aromatic heterocycles. The van der Waals surface area contributed by atoms with Gasteiger partial charge < -0.3 is 5.01 Å². The van der Waals surface area contributed by atoms with Crippen LogP contribution in [0.25, 0.3) is 22.8 Å². The molecule has 0 saturated heterocycles. The van der Waals surface area contributed by atoms with Crippen molar-refractivity contribution in [2.75, 3.05) is 19.1 Å². The highest BCUT2D eigenvalue weighted by atomic mass is 79.9. The summed E-state index contributed by atoms with van der Waals surface area (Å²) in [4.78, 5) is 17.1. The number of fused-ring (bicyclic) bond motifs is 3. The van der Waals surface area contributed by atoms with Crippen LogP contribution in [0.4, 0.5) is 0 Å². The summed E-state index contributed by atoms with van der Waals surface area (Å²) in [5.41, 5.74) is 1.65. The lowest BCUT2D eigenvalue weighted by atomic mass is 10.2. The Kier molecular flexibility index (Phi) is 4.49. The van der Waals surface area contributed by atoms with E-state index in [1.54, 1.807) is 31.5 Å². The number of allylic oxidation sites excluding steroid dienone is 1. The molecular formula is C19H17BrN6O. The Morgan fingerprint density at radius 3 is 2.78 bits per heavy atom. The average Bonchev–Trinajstić information content (AvgIpc) is 3.06. The summed E-state index contributed by atoms with van der Waals surface area (Å²) in [5.74, 6) is 1.24. The molecule has 0 radical (unpaired) electrons. The molecule has 0 aliphatic rings. The topological polar surface area (TPSA) is 68.3 Å². The summed E-state index contributed by atoms with van der Waals surface area (Å²) in [6, 6.07) is 9.56. The van der Waals surface area contributed by atoms with E-state index in [1.807, 2.05) is 46.9 Å². The summed E-state index contributed by atoms with van der Waals surface area (Å²) in [6.07, 6.45) is 8.13. The van der Waals surface area contributed by atoms with Gasteiger partial charge in [0.2, 0.25) is 0 Å². The average molecular weight is 425 g/mol. The summed E-state index contributed by atoms with van der Waals surface area (Å²) < 4.78 is 4.19. The molecule has 0 aliphatic carbocycles. The van der Waals surface area contributed by atoms with Gasteiger partial charge in [-0.1, -0.05) is 24.3 Å². The summed E-state index contributed by atoms with van der Waals surface area (Å²) in [7, 11) is 3.61. The van der Waals surface area contributed by atoms with Crippen molar-refractivity contribution in [3.8, 4) is 0 Å². The highest BCUT2D eigenvalue weighted by molar-refractivity contribution is 9.10. The molecule has 0 fully saturated rings. The van der Waals surface area contributed by atoms with E-state index in [1.165, 1.54) is 4.68 Å². The Morgan fingerprint density at radius 2 is 2.04 bits per heavy atom. The zero-order valence-electron chi connectivity index (χ0n) is 14.9. The van der Waals surface area contributed by atoms with Crippen LogP contribution in [0.1, 0.15) is 11.4 Å². The van der Waals surface area contributed by atoms with Gasteiger partial charge in [0.05, 0.1) is 10.9 Å². The van der Waals surface area contributed by atoms with E-state index in [0.717, 1.165) is 21.4 Å². The zero-order chi connectivity index (χ0) is 19.0. The number of nitrogens with zero attached hydrogens (tertiary/aromatic N) is 6. The second-order valence-electron chi connectivity index (χ2n) is 6.24. The first-order valence-electron chi connectivity index (χ1n) is 8.39. The second kappa shape index (κ2) is 6.96. The molecule has 0 saturated carbocycles. The van der Waals surface area contributed by atoms with Crippen molar-refractivity contribution in [1.29, 1.82) is 0 Å². The molecule has 4 rings (SSSR count). The fourth-order valence-corrected chi connectivity index (χ4v) is 3.59. The number of hydrogen-bond donors (Lipinski definition) is 0. The van der Waals surface area contributed by atoms with Gasteiger partial charge in [-0.25, -0.2) is 0 Å². The van der Waals surface area contributed by atoms with Crippen molar-refractivity contribution < 1.29 is 0 Å². The van der Waals surface area contributed by atoms with Gasteiger partial charge in [-0.2, -0.15) is 4.68 Å². The van der Waals surface area contributed by atoms with Gasteiger partial charge in [-0.15, -0.1) is 10.2 Å². The van der Waals surface area contributed by atoms with Crippen molar-refractivity contribution in [2.45, 2.75) is 6.42 Å². The number of aromatic nitrogens is 5. The molecule has 0 atom stereocenters. The molecule has 0 bridgehead atoms. The molecule has 8 heteroatoms. The van der Waals surface area contributed by atoms with Gasteiger partial charge in [-0.05, 0) is 39.7 Å². The van der Waals surface area contributed by atoms with Gasteiger partial charge in [0.25, 0.3) is 11.3 Å². The molecule has 3 heterocycles. The van der Waals surface area contributed by atoms with E-state index < -0.39 is 0 Å². The maximum atomic E-state index is 13.0. The van der Waals surface area contributed by atoms with Crippen LogP contribution in [0.5, 0.6) is 0 Å². The first-order valence-corrected chi connectivity index (χ1v) is 9.18. The molecule has 27 heavy (non-hydrogen) atoms. The van der Waals surface area contributed by atoms with Gasteiger partial charge >= 0.3 is 0 Å². The molecular weight excluding hydrogens is 408 g/mol. The molecule has 0 spiro atoms. The minimum absolute atomic E-state index is 0.139. The van der Waals surface area contributed by atoms with E-state index in [9.17, 15) is 4.79 Å². The number of pyridine rings is 1. The minimum Gasteiger partial charge on any atom is -0.313 e. The maximum absolute atomic E-state index is 13.0. The predicted octanol–water partition coefficient (Wildman–Crippen LogP) is 2.66. The third-order valence-corrected chi connectivity index (χ3v) is 4.90. The summed E-state index contributed by atoms with van der Waals surface area (Å²) >= 11 is 3.51. The predicted molar refractivity (Wildman–Crippen MR) is 109 cm³/mol. The molecule has 4 aromatic rings. The van der Waals surface area contributed by atoms with Gasteiger partial charge in [0.1, 0.15) is 5.82 Å². The molecule has 0 amide bonds. The standard InChI is InChI=1S/C19H17BrN6O/c1-24(2)26-18(27)17-14(20)8-4-9-15(17)25-16(22-23-19(25)26)10-3-6-13-7-5-11-21-12-13/h3-9,11-12H,10H2,1-2H3/b6-3+. The highest BCUT2D eigenvalue weighted by Gasteiger charge is 2.18. The highest BCUT2D eigenvalue weighted by Crippen LogP contribution is 2.22. The quantitative estimate of drug-likeness (QED) is 0.503. The van der Waals surface area contributed by atoms with E-state index in [4.69, 9.17) is 0 Å². The van der Waals surface area contributed by atoms with Gasteiger partial charge in [0, 0.05) is 37.4 Å². The minimum atomic E-state index is -0.139. The molecule has 1 aromatic carbocycles. The van der Waals surface area contributed by atoms with Crippen molar-refractivity contribution >= 4 is 38.7 Å². The van der Waals surface area contributed by atoms with Crippen LogP contribution in [0.2, 0.25) is 0 Å². The molecule has 136 valence electrons. The number of rotatable bonds is 4. The third kappa shape index (κ3) is 3.02. The maximum Gasteiger partial charge on any atom is 0.282 e. The van der Waals surface area contributed by atoms with Crippen molar-refractivity contribution in [3.63, 3.8) is 0 Å². The second-order valence-corrected chi connectivity index (χ2v) is 7.10. The van der Waals surface area contributed by atoms with Crippen molar-refractivity contribution in [3.05, 3.63) is 75.0 Å². The Labute approximate surface area is 163 Å². The van der Waals surface area contributed by atoms with Crippen LogP contribution in [0.3, 0.4) is 0 Å². The Hall–Kier alpha value is -3.00. The fraction of sp³-hybridized carbons (Fsp3) is 0.158. The van der Waals surface area contributed by atoms with Crippen LogP contribution >= 0.6 is 15.9 Å². The Balaban J connectivity index is 1.91. The number of hydrogen-bond acceptors (Lipinski definition) is 5. The van der Waals surface area contributed by atoms with Crippen LogP contribution in [-0.2, 0) is 6.42 Å². The monoisotopic (exact) mass is 424 g/mol. The summed E-state index contributed by atoms with van der Waals surface area (Å²) in [5, 5.41) is 10.9. The van der Waals surface area contributed by atoms with Crippen LogP contribution in [0.15, 0.2) is 58.1 Å². The van der Waals surface area contributed by atoms with E-state index in [-0.39, 0.29) is 5.56 Å². The van der Waals surface area contributed by atoms with Crippen LogP contribution in [0, 0.1) is 0 Å². The third-order valence-electron chi connectivity index (χ3n) is 4.24. The fourth-order valence-electron chi connectivity index (χ4n) is 3.07. The van der Waals surface area contributed by atoms with E-state index >= 15 is 0 Å². The SMILES string of the molecule is CN(C)n1c(=O)c2c(Br)cccc2n2c(C/C=C/c3cccnc3)nnc12. The smallest absolute Gasteiger partial charge is 0.282 e. The Bertz CT molecular complexity index is 1210. The van der Waals surface area contributed by atoms with E-state index in [0.29, 0.717) is 17.6 Å². The lowest BCUT2D eigenvalue weighted by Gasteiger charge is -2.18. The zero-order valence-corrected chi connectivity index (χ0v) is 16.5. The largest absolute Gasteiger partial charge is 0.313 e. The normalized spacial score (nSPS) is 11.7. The van der Waals surface area contributed by atoms with Crippen molar-refractivity contribution in [1.82, 2.24) is 24.3 Å². The molecule has 0 N–H and O–H groups in total. The molecule has 0 unspecified atom stereocenters. The van der Waals surface area contributed by atoms with E-state index in [2.05, 4.69) is 31.1 Å². The Morgan fingerprint density at radius 1 is 1.19 bits per heavy atom. The number of halogens is 1. The first kappa shape index (κ1) is 17.4. The van der Waals surface area contributed by atoms with Crippen LogP contribution < -0.4 is 10.6 Å². The van der Waals surface area contributed by atoms with Crippen molar-refractivity contribution in [2.24, 2.45) is 0 Å². The van der Waals surface area contributed by atoms with Gasteiger partial charge in [0.15, 0.2) is 0 Å². The lowest BCUT2D eigenvalue weighted by Crippen LogP contribution is -2.37. The van der Waals surface area contributed by atoms with Gasteiger partial charge in [-0.3, -0.25) is 14.2 Å².